The summed E-state index contributed by atoms with van der Waals surface area (Å²) in [5.41, 5.74) is 4.60. The van der Waals surface area contributed by atoms with Gasteiger partial charge in [0.15, 0.2) is 5.13 Å². The molecule has 146 valence electrons. The summed E-state index contributed by atoms with van der Waals surface area (Å²) >= 11 is 13.9. The zero-order valence-electron chi connectivity index (χ0n) is 15.9. The number of anilines is 1. The summed E-state index contributed by atoms with van der Waals surface area (Å²) < 4.78 is 1.06. The van der Waals surface area contributed by atoms with Gasteiger partial charge in [0.1, 0.15) is 0 Å². The first-order valence-electron chi connectivity index (χ1n) is 9.11. The Morgan fingerprint density at radius 2 is 1.79 bits per heavy atom. The summed E-state index contributed by atoms with van der Waals surface area (Å²) in [7, 11) is 0. The van der Waals surface area contributed by atoms with E-state index < -0.39 is 0 Å². The number of hydrogen-bond donors (Lipinski definition) is 0. The molecular formula is C23H18Cl2N2OS. The zero-order chi connectivity index (χ0) is 20.5. The quantitative estimate of drug-likeness (QED) is 0.339. The number of benzene rings is 3. The second-order valence-electron chi connectivity index (χ2n) is 6.93. The van der Waals surface area contributed by atoms with E-state index in [0.29, 0.717) is 27.3 Å². The number of carbonyl (C=O) groups is 1. The molecule has 0 radical (unpaired) electrons. The van der Waals surface area contributed by atoms with Gasteiger partial charge in [0.25, 0.3) is 5.91 Å². The highest BCUT2D eigenvalue weighted by molar-refractivity contribution is 7.22. The second-order valence-corrected chi connectivity index (χ2v) is 8.78. The van der Waals surface area contributed by atoms with Crippen LogP contribution >= 0.6 is 34.5 Å². The summed E-state index contributed by atoms with van der Waals surface area (Å²) in [5, 5.41) is 1.47. The predicted molar refractivity (Wildman–Crippen MR) is 123 cm³/mol. The Kier molecular flexibility index (Phi) is 5.59. The summed E-state index contributed by atoms with van der Waals surface area (Å²) in [6.45, 7) is 4.50. The normalized spacial score (nSPS) is 11.0. The molecule has 29 heavy (non-hydrogen) atoms. The zero-order valence-corrected chi connectivity index (χ0v) is 18.3. The van der Waals surface area contributed by atoms with Gasteiger partial charge in [-0.15, -0.1) is 0 Å². The van der Waals surface area contributed by atoms with Crippen molar-refractivity contribution in [1.82, 2.24) is 4.98 Å². The highest BCUT2D eigenvalue weighted by Gasteiger charge is 2.24. The minimum atomic E-state index is -0.205. The van der Waals surface area contributed by atoms with Crippen LogP contribution in [0.25, 0.3) is 10.2 Å². The van der Waals surface area contributed by atoms with Crippen LogP contribution in [0.3, 0.4) is 0 Å². The number of aromatic nitrogens is 1. The lowest BCUT2D eigenvalue weighted by Crippen LogP contribution is -2.30. The molecule has 3 aromatic carbocycles. The van der Waals surface area contributed by atoms with Gasteiger partial charge in [-0.05, 0) is 54.8 Å². The van der Waals surface area contributed by atoms with Crippen LogP contribution in [0.5, 0.6) is 0 Å². The van der Waals surface area contributed by atoms with Crippen molar-refractivity contribution >= 4 is 55.8 Å². The number of hydrogen-bond acceptors (Lipinski definition) is 3. The molecule has 0 saturated carbocycles. The Morgan fingerprint density at radius 1 is 1.03 bits per heavy atom. The minimum absolute atomic E-state index is 0.205. The summed E-state index contributed by atoms with van der Waals surface area (Å²) in [6, 6.07) is 19.0. The van der Waals surface area contributed by atoms with Crippen molar-refractivity contribution in [3.63, 3.8) is 0 Å². The molecule has 4 rings (SSSR count). The van der Waals surface area contributed by atoms with Gasteiger partial charge in [0.2, 0.25) is 0 Å². The fourth-order valence-electron chi connectivity index (χ4n) is 3.27. The summed E-state index contributed by atoms with van der Waals surface area (Å²) in [5.74, 6) is -0.205. The molecule has 1 amide bonds. The molecule has 0 spiro atoms. The van der Waals surface area contributed by atoms with E-state index in [1.165, 1.54) is 16.9 Å². The van der Waals surface area contributed by atoms with Crippen molar-refractivity contribution in [3.05, 3.63) is 93.0 Å². The van der Waals surface area contributed by atoms with E-state index in [4.69, 9.17) is 28.2 Å². The van der Waals surface area contributed by atoms with Crippen molar-refractivity contribution < 1.29 is 4.79 Å². The average molecular weight is 441 g/mol. The Balaban J connectivity index is 1.82. The van der Waals surface area contributed by atoms with Crippen LogP contribution in [0, 0.1) is 13.8 Å². The van der Waals surface area contributed by atoms with Gasteiger partial charge in [-0.25, -0.2) is 4.98 Å². The van der Waals surface area contributed by atoms with Gasteiger partial charge < -0.3 is 0 Å². The van der Waals surface area contributed by atoms with Crippen LogP contribution in [0.15, 0.2) is 60.7 Å². The maximum Gasteiger partial charge on any atom is 0.261 e. The van der Waals surface area contributed by atoms with Crippen molar-refractivity contribution in [3.8, 4) is 0 Å². The number of rotatable bonds is 4. The Bertz CT molecular complexity index is 1200. The van der Waals surface area contributed by atoms with E-state index >= 15 is 0 Å². The highest BCUT2D eigenvalue weighted by Crippen LogP contribution is 2.34. The van der Waals surface area contributed by atoms with E-state index in [9.17, 15) is 4.79 Å². The first kappa shape index (κ1) is 19.9. The van der Waals surface area contributed by atoms with Gasteiger partial charge in [0.05, 0.1) is 27.3 Å². The Labute approximate surface area is 183 Å². The monoisotopic (exact) mass is 440 g/mol. The lowest BCUT2D eigenvalue weighted by Gasteiger charge is -2.20. The second kappa shape index (κ2) is 8.15. The molecule has 0 aliphatic heterocycles. The number of halogens is 2. The third-order valence-electron chi connectivity index (χ3n) is 4.64. The predicted octanol–water partition coefficient (Wildman–Crippen LogP) is 7.07. The van der Waals surface area contributed by atoms with Crippen LogP contribution in [-0.2, 0) is 6.54 Å². The minimum Gasteiger partial charge on any atom is -0.279 e. The van der Waals surface area contributed by atoms with Crippen LogP contribution in [0.1, 0.15) is 27.0 Å². The summed E-state index contributed by atoms with van der Waals surface area (Å²) in [6.07, 6.45) is 0. The molecule has 4 aromatic rings. The fraction of sp³-hybridized carbons (Fsp3) is 0.130. The van der Waals surface area contributed by atoms with Crippen molar-refractivity contribution in [2.75, 3.05) is 4.90 Å². The van der Waals surface area contributed by atoms with Gasteiger partial charge in [0, 0.05) is 5.02 Å². The van der Waals surface area contributed by atoms with Gasteiger partial charge >= 0.3 is 0 Å². The van der Waals surface area contributed by atoms with Crippen LogP contribution < -0.4 is 4.90 Å². The van der Waals surface area contributed by atoms with Gasteiger partial charge in [-0.2, -0.15) is 0 Å². The molecule has 1 aromatic heterocycles. The molecule has 1 heterocycles. The lowest BCUT2D eigenvalue weighted by molar-refractivity contribution is 0.0985. The SMILES string of the molecule is Cc1cc(C)c2nc(N(Cc3ccccc3)C(=O)c3ccc(Cl)cc3Cl)sc2c1. The lowest BCUT2D eigenvalue weighted by atomic mass is 10.1. The molecule has 0 atom stereocenters. The molecule has 0 fully saturated rings. The maximum absolute atomic E-state index is 13.5. The van der Waals surface area contributed by atoms with Crippen LogP contribution in [0.2, 0.25) is 10.0 Å². The first-order valence-corrected chi connectivity index (χ1v) is 10.7. The maximum atomic E-state index is 13.5. The van der Waals surface area contributed by atoms with Crippen molar-refractivity contribution in [1.29, 1.82) is 0 Å². The molecule has 0 saturated heterocycles. The fourth-order valence-corrected chi connectivity index (χ4v) is 4.90. The molecular weight excluding hydrogens is 423 g/mol. The standard InChI is InChI=1S/C23H18Cl2N2OS/c1-14-10-15(2)21-20(11-14)29-23(26-21)27(13-16-6-4-3-5-7-16)22(28)18-9-8-17(24)12-19(18)25/h3-12H,13H2,1-2H3. The number of thiazole rings is 1. The number of nitrogens with zero attached hydrogens (tertiary/aromatic N) is 2. The molecule has 0 N–H and O–H groups in total. The van der Waals surface area contributed by atoms with Gasteiger partial charge in [-0.1, -0.05) is 70.9 Å². The Morgan fingerprint density at radius 3 is 2.52 bits per heavy atom. The summed E-state index contributed by atoms with van der Waals surface area (Å²) in [4.78, 5) is 20.0. The van der Waals surface area contributed by atoms with E-state index in [-0.39, 0.29) is 5.91 Å². The largest absolute Gasteiger partial charge is 0.279 e. The van der Waals surface area contributed by atoms with E-state index in [2.05, 4.69) is 19.1 Å². The van der Waals surface area contributed by atoms with Crippen LogP contribution in [-0.4, -0.2) is 10.9 Å². The molecule has 0 aliphatic rings. The van der Waals surface area contributed by atoms with Crippen molar-refractivity contribution in [2.24, 2.45) is 0 Å². The third-order valence-corrected chi connectivity index (χ3v) is 6.21. The molecule has 6 heteroatoms. The van der Waals surface area contributed by atoms with E-state index in [0.717, 1.165) is 21.3 Å². The molecule has 0 unspecified atom stereocenters. The van der Waals surface area contributed by atoms with Crippen LogP contribution in [0.4, 0.5) is 5.13 Å². The molecule has 3 nitrogen and oxygen atoms in total. The number of carbonyl (C=O) groups excluding carboxylic acids is 1. The third kappa shape index (κ3) is 4.15. The molecule has 0 bridgehead atoms. The topological polar surface area (TPSA) is 33.2 Å². The Hall–Kier alpha value is -2.40. The smallest absolute Gasteiger partial charge is 0.261 e. The van der Waals surface area contributed by atoms with Crippen molar-refractivity contribution in [2.45, 2.75) is 20.4 Å². The first-order chi connectivity index (χ1) is 13.9. The van der Waals surface area contributed by atoms with Gasteiger partial charge in [-0.3, -0.25) is 9.69 Å². The average Bonchev–Trinajstić information content (AvgIpc) is 3.10. The van der Waals surface area contributed by atoms with E-state index in [1.54, 1.807) is 23.1 Å². The number of aryl methyl sites for hydroxylation is 2. The highest BCUT2D eigenvalue weighted by atomic mass is 35.5. The number of amides is 1. The number of fused-ring (bicyclic) bond motifs is 1. The van der Waals surface area contributed by atoms with E-state index in [1.807, 2.05) is 37.3 Å². The molecule has 0 aliphatic carbocycles.